The van der Waals surface area contributed by atoms with E-state index in [2.05, 4.69) is 0 Å². The minimum Gasteiger partial charge on any atom is -0.481 e. The van der Waals surface area contributed by atoms with Crippen molar-refractivity contribution in [2.24, 2.45) is 10.8 Å². The number of aryl methyl sites for hydroxylation is 1. The van der Waals surface area contributed by atoms with Gasteiger partial charge in [0.25, 0.3) is 0 Å². The first kappa shape index (κ1) is 21.4. The molecule has 2 rings (SSSR count). The third-order valence-corrected chi connectivity index (χ3v) is 5.96. The largest absolute Gasteiger partial charge is 0.481 e. The van der Waals surface area contributed by atoms with Crippen LogP contribution in [0, 0.1) is 17.8 Å². The summed E-state index contributed by atoms with van der Waals surface area (Å²) in [6.45, 7) is 6.91. The molecule has 0 saturated heterocycles. The van der Waals surface area contributed by atoms with Gasteiger partial charge in [0.05, 0.1) is 25.2 Å². The zero-order chi connectivity index (χ0) is 20.1. The second kappa shape index (κ2) is 8.42. The van der Waals surface area contributed by atoms with Crippen LogP contribution in [0.4, 0.5) is 0 Å². The molecular formula is C23H32O4. The van der Waals surface area contributed by atoms with E-state index in [9.17, 15) is 15.3 Å². The van der Waals surface area contributed by atoms with Gasteiger partial charge in [-0.05, 0) is 31.0 Å². The summed E-state index contributed by atoms with van der Waals surface area (Å²) in [7, 11) is 0. The molecule has 4 nitrogen and oxygen atoms in total. The van der Waals surface area contributed by atoms with Crippen molar-refractivity contribution in [2.75, 3.05) is 19.8 Å². The maximum Gasteiger partial charge on any atom is 0.151 e. The van der Waals surface area contributed by atoms with Gasteiger partial charge in [-0.15, -0.1) is 0 Å². The Morgan fingerprint density at radius 3 is 1.78 bits per heavy atom. The molecule has 0 heterocycles. The molecule has 1 unspecified atom stereocenters. The molecule has 0 amide bonds. The van der Waals surface area contributed by atoms with Crippen LogP contribution < -0.4 is 4.74 Å². The van der Waals surface area contributed by atoms with Crippen LogP contribution in [-0.4, -0.2) is 35.1 Å². The standard InChI is InChI=1S/C23H32O4/c1-5-21(3,4)23(22(15-24,16-25)17-26,19-13-11-18(2)12-14-19)27-20-9-7-6-8-10-20/h6-14,24-26H,5,15-17H2,1-4H3. The van der Waals surface area contributed by atoms with E-state index in [0.717, 1.165) is 17.5 Å². The summed E-state index contributed by atoms with van der Waals surface area (Å²) in [5, 5.41) is 31.1. The second-order valence-corrected chi connectivity index (χ2v) is 7.95. The number of ether oxygens (including phenoxy) is 1. The molecule has 0 aliphatic rings. The van der Waals surface area contributed by atoms with E-state index in [-0.39, 0.29) is 0 Å². The lowest BCUT2D eigenvalue weighted by atomic mass is 9.56. The number of hydrogen-bond donors (Lipinski definition) is 3. The van der Waals surface area contributed by atoms with Crippen LogP contribution in [-0.2, 0) is 5.60 Å². The van der Waals surface area contributed by atoms with Crippen molar-refractivity contribution in [2.45, 2.75) is 39.7 Å². The Bertz CT molecular complexity index is 697. The van der Waals surface area contributed by atoms with Gasteiger partial charge < -0.3 is 20.1 Å². The van der Waals surface area contributed by atoms with E-state index in [0.29, 0.717) is 5.75 Å². The Morgan fingerprint density at radius 1 is 0.815 bits per heavy atom. The van der Waals surface area contributed by atoms with Gasteiger partial charge >= 0.3 is 0 Å². The Labute approximate surface area is 162 Å². The lowest BCUT2D eigenvalue weighted by molar-refractivity contribution is -0.200. The van der Waals surface area contributed by atoms with E-state index < -0.39 is 36.3 Å². The normalized spacial score (nSPS) is 14.6. The summed E-state index contributed by atoms with van der Waals surface area (Å²) in [6.07, 6.45) is 0.718. The number of hydrogen-bond acceptors (Lipinski definition) is 4. The van der Waals surface area contributed by atoms with Crippen LogP contribution in [0.15, 0.2) is 54.6 Å². The zero-order valence-corrected chi connectivity index (χ0v) is 16.8. The van der Waals surface area contributed by atoms with Crippen molar-refractivity contribution >= 4 is 0 Å². The molecule has 0 aliphatic heterocycles. The average molecular weight is 373 g/mol. The van der Waals surface area contributed by atoms with E-state index >= 15 is 0 Å². The molecule has 0 radical (unpaired) electrons. The fraction of sp³-hybridized carbons (Fsp3) is 0.478. The third-order valence-electron chi connectivity index (χ3n) is 5.96. The van der Waals surface area contributed by atoms with Crippen molar-refractivity contribution in [1.29, 1.82) is 0 Å². The third kappa shape index (κ3) is 3.62. The van der Waals surface area contributed by atoms with Crippen molar-refractivity contribution in [3.63, 3.8) is 0 Å². The maximum atomic E-state index is 10.4. The topological polar surface area (TPSA) is 69.9 Å². The molecule has 0 saturated carbocycles. The Morgan fingerprint density at radius 2 is 1.33 bits per heavy atom. The summed E-state index contributed by atoms with van der Waals surface area (Å²) in [5.41, 5.74) is -1.02. The van der Waals surface area contributed by atoms with Gasteiger partial charge in [0.2, 0.25) is 0 Å². The van der Waals surface area contributed by atoms with Gasteiger partial charge in [0, 0.05) is 5.41 Å². The number of benzene rings is 2. The van der Waals surface area contributed by atoms with Crippen LogP contribution in [0.3, 0.4) is 0 Å². The number of aliphatic hydroxyl groups is 3. The molecule has 3 N–H and O–H groups in total. The minimum absolute atomic E-state index is 0.413. The minimum atomic E-state index is -1.28. The number of rotatable bonds is 9. The highest BCUT2D eigenvalue weighted by molar-refractivity contribution is 5.35. The van der Waals surface area contributed by atoms with Crippen molar-refractivity contribution in [3.8, 4) is 5.75 Å². The first-order valence-corrected chi connectivity index (χ1v) is 9.46. The summed E-state index contributed by atoms with van der Waals surface area (Å²) >= 11 is 0. The molecule has 0 aromatic heterocycles. The van der Waals surface area contributed by atoms with Gasteiger partial charge in [0.15, 0.2) is 5.60 Å². The van der Waals surface area contributed by atoms with Crippen LogP contribution in [0.1, 0.15) is 38.3 Å². The Balaban J connectivity index is 2.85. The molecule has 4 heteroatoms. The molecule has 1 atom stereocenters. The molecule has 27 heavy (non-hydrogen) atoms. The lowest BCUT2D eigenvalue weighted by Gasteiger charge is -2.56. The molecule has 148 valence electrons. The van der Waals surface area contributed by atoms with Gasteiger partial charge in [-0.1, -0.05) is 68.8 Å². The van der Waals surface area contributed by atoms with Crippen LogP contribution in [0.5, 0.6) is 5.75 Å². The molecule has 0 spiro atoms. The monoisotopic (exact) mass is 372 g/mol. The molecule has 0 bridgehead atoms. The Kier molecular flexibility index (Phi) is 6.68. The highest BCUT2D eigenvalue weighted by Crippen LogP contribution is 2.55. The maximum absolute atomic E-state index is 10.4. The average Bonchev–Trinajstić information content (AvgIpc) is 2.70. The van der Waals surface area contributed by atoms with Crippen LogP contribution in [0.2, 0.25) is 0 Å². The van der Waals surface area contributed by atoms with Crippen molar-refractivity contribution in [3.05, 3.63) is 65.7 Å². The Hall–Kier alpha value is -1.88. The zero-order valence-electron chi connectivity index (χ0n) is 16.8. The van der Waals surface area contributed by atoms with E-state index in [1.165, 1.54) is 0 Å². The summed E-state index contributed by atoms with van der Waals surface area (Å²) in [4.78, 5) is 0. The second-order valence-electron chi connectivity index (χ2n) is 7.95. The van der Waals surface area contributed by atoms with Crippen LogP contribution >= 0.6 is 0 Å². The van der Waals surface area contributed by atoms with Crippen molar-refractivity contribution < 1.29 is 20.1 Å². The van der Waals surface area contributed by atoms with Gasteiger partial charge in [0.1, 0.15) is 5.75 Å². The molecular weight excluding hydrogens is 340 g/mol. The molecule has 2 aromatic rings. The van der Waals surface area contributed by atoms with Crippen molar-refractivity contribution in [1.82, 2.24) is 0 Å². The summed E-state index contributed by atoms with van der Waals surface area (Å²) in [6, 6.07) is 17.3. The summed E-state index contributed by atoms with van der Waals surface area (Å²) in [5.74, 6) is 0.624. The molecule has 0 aliphatic carbocycles. The summed E-state index contributed by atoms with van der Waals surface area (Å²) < 4.78 is 6.64. The van der Waals surface area contributed by atoms with E-state index in [1.807, 2.05) is 82.3 Å². The number of para-hydroxylation sites is 1. The van der Waals surface area contributed by atoms with E-state index in [4.69, 9.17) is 4.74 Å². The predicted octanol–water partition coefficient (Wildman–Crippen LogP) is 3.67. The highest BCUT2D eigenvalue weighted by Gasteiger charge is 2.61. The van der Waals surface area contributed by atoms with Gasteiger partial charge in [-0.25, -0.2) is 0 Å². The fourth-order valence-electron chi connectivity index (χ4n) is 3.91. The van der Waals surface area contributed by atoms with Gasteiger partial charge in [-0.3, -0.25) is 0 Å². The SMILES string of the molecule is CCC(C)(C)C(Oc1ccccc1)(c1ccc(C)cc1)C(CO)(CO)CO. The fourth-order valence-corrected chi connectivity index (χ4v) is 3.91. The molecule has 0 fully saturated rings. The van der Waals surface area contributed by atoms with Gasteiger partial charge in [-0.2, -0.15) is 0 Å². The van der Waals surface area contributed by atoms with Crippen LogP contribution in [0.25, 0.3) is 0 Å². The molecule has 2 aromatic carbocycles. The quantitative estimate of drug-likeness (QED) is 0.628. The lowest BCUT2D eigenvalue weighted by Crippen LogP contribution is -2.63. The first-order valence-electron chi connectivity index (χ1n) is 9.46. The highest BCUT2D eigenvalue weighted by atomic mass is 16.5. The van der Waals surface area contributed by atoms with E-state index in [1.54, 1.807) is 0 Å². The number of aliphatic hydroxyl groups excluding tert-OH is 3. The predicted molar refractivity (Wildman–Crippen MR) is 108 cm³/mol. The first-order chi connectivity index (χ1) is 12.8. The smallest absolute Gasteiger partial charge is 0.151 e.